The molecule has 132 valence electrons. The molecule has 0 aliphatic carbocycles. The summed E-state index contributed by atoms with van der Waals surface area (Å²) in [6, 6.07) is 13.6. The van der Waals surface area contributed by atoms with E-state index < -0.39 is 0 Å². The first kappa shape index (κ1) is 17.5. The number of hydrogen-bond donors (Lipinski definition) is 2. The highest BCUT2D eigenvalue weighted by Crippen LogP contribution is 2.31. The molecule has 0 spiro atoms. The molecule has 2 amide bonds. The van der Waals surface area contributed by atoms with Gasteiger partial charge in [0.1, 0.15) is 5.75 Å². The van der Waals surface area contributed by atoms with Crippen LogP contribution in [0.2, 0.25) is 0 Å². The van der Waals surface area contributed by atoms with Crippen molar-refractivity contribution in [1.29, 1.82) is 5.26 Å². The number of phenolic OH excluding ortho intramolecular Hbond substituents is 1. The summed E-state index contributed by atoms with van der Waals surface area (Å²) < 4.78 is 0. The number of likely N-dealkylation sites (tertiary alicyclic amines) is 1. The molecule has 0 unspecified atom stereocenters. The van der Waals surface area contributed by atoms with Crippen LogP contribution in [0.25, 0.3) is 11.1 Å². The lowest BCUT2D eigenvalue weighted by atomic mass is 9.95. The largest absolute Gasteiger partial charge is 0.507 e. The predicted molar refractivity (Wildman–Crippen MR) is 96.1 cm³/mol. The molecule has 0 radical (unpaired) electrons. The Morgan fingerprint density at radius 3 is 2.54 bits per heavy atom. The number of carbonyl (C=O) groups excluding carboxylic acids is 2. The molecule has 0 saturated carbocycles. The fourth-order valence-electron chi connectivity index (χ4n) is 3.21. The molecule has 0 atom stereocenters. The van der Waals surface area contributed by atoms with Crippen molar-refractivity contribution < 1.29 is 14.7 Å². The summed E-state index contributed by atoms with van der Waals surface area (Å²) in [4.78, 5) is 25.7. The Hall–Kier alpha value is -3.33. The van der Waals surface area contributed by atoms with Gasteiger partial charge in [-0.05, 0) is 48.7 Å². The summed E-state index contributed by atoms with van der Waals surface area (Å²) in [7, 11) is 0. The standard InChI is InChI=1S/C20H19N3O3/c21-12-13-4-5-18(24)17(10-13)15-2-1-3-16(11-15)20(26)23-8-6-14(7-9-23)19(22)25/h1-5,10-11,14,24H,6-9H2,(H2,22,25). The minimum atomic E-state index is -0.313. The van der Waals surface area contributed by atoms with E-state index in [0.717, 1.165) is 0 Å². The topological polar surface area (TPSA) is 107 Å². The predicted octanol–water partition coefficient (Wildman–Crippen LogP) is 2.27. The number of primary amides is 1. The van der Waals surface area contributed by atoms with Gasteiger partial charge in [0.15, 0.2) is 0 Å². The van der Waals surface area contributed by atoms with E-state index in [4.69, 9.17) is 11.0 Å². The van der Waals surface area contributed by atoms with E-state index >= 15 is 0 Å². The fraction of sp³-hybridized carbons (Fsp3) is 0.250. The number of phenols is 1. The number of benzene rings is 2. The monoisotopic (exact) mass is 349 g/mol. The second kappa shape index (κ2) is 7.28. The zero-order valence-electron chi connectivity index (χ0n) is 14.2. The summed E-state index contributed by atoms with van der Waals surface area (Å²) in [5, 5.41) is 19.1. The second-order valence-electron chi connectivity index (χ2n) is 6.39. The first-order valence-electron chi connectivity index (χ1n) is 8.41. The average molecular weight is 349 g/mol. The maximum atomic E-state index is 12.8. The van der Waals surface area contributed by atoms with Gasteiger partial charge in [-0.1, -0.05) is 12.1 Å². The molecule has 3 rings (SSSR count). The van der Waals surface area contributed by atoms with Gasteiger partial charge in [-0.25, -0.2) is 0 Å². The van der Waals surface area contributed by atoms with Gasteiger partial charge in [-0.15, -0.1) is 0 Å². The minimum absolute atomic E-state index is 0.0517. The van der Waals surface area contributed by atoms with E-state index in [9.17, 15) is 14.7 Å². The number of rotatable bonds is 3. The normalized spacial score (nSPS) is 14.7. The van der Waals surface area contributed by atoms with Crippen LogP contribution >= 0.6 is 0 Å². The van der Waals surface area contributed by atoms with Crippen LogP contribution in [0.4, 0.5) is 0 Å². The van der Waals surface area contributed by atoms with Gasteiger partial charge in [0, 0.05) is 30.1 Å². The van der Waals surface area contributed by atoms with Gasteiger partial charge < -0.3 is 15.7 Å². The van der Waals surface area contributed by atoms with Crippen LogP contribution in [0.3, 0.4) is 0 Å². The highest BCUT2D eigenvalue weighted by Gasteiger charge is 2.26. The minimum Gasteiger partial charge on any atom is -0.507 e. The van der Waals surface area contributed by atoms with E-state index in [2.05, 4.69) is 0 Å². The summed E-state index contributed by atoms with van der Waals surface area (Å²) >= 11 is 0. The van der Waals surface area contributed by atoms with Gasteiger partial charge >= 0.3 is 0 Å². The Labute approximate surface area is 151 Å². The van der Waals surface area contributed by atoms with Crippen LogP contribution in [-0.4, -0.2) is 34.9 Å². The first-order chi connectivity index (χ1) is 12.5. The molecule has 0 aromatic heterocycles. The number of nitriles is 1. The van der Waals surface area contributed by atoms with E-state index in [1.54, 1.807) is 35.2 Å². The highest BCUT2D eigenvalue weighted by atomic mass is 16.3. The zero-order valence-corrected chi connectivity index (χ0v) is 14.2. The Kier molecular flexibility index (Phi) is 4.90. The van der Waals surface area contributed by atoms with Gasteiger partial charge in [0.05, 0.1) is 11.6 Å². The van der Waals surface area contributed by atoms with Gasteiger partial charge in [-0.2, -0.15) is 5.26 Å². The van der Waals surface area contributed by atoms with Crippen LogP contribution in [0, 0.1) is 17.2 Å². The van der Waals surface area contributed by atoms with E-state index in [1.807, 2.05) is 6.07 Å². The van der Waals surface area contributed by atoms with Crippen LogP contribution in [0.15, 0.2) is 42.5 Å². The second-order valence-corrected chi connectivity index (χ2v) is 6.39. The van der Waals surface area contributed by atoms with Gasteiger partial charge in [0.25, 0.3) is 5.91 Å². The number of piperidine rings is 1. The fourth-order valence-corrected chi connectivity index (χ4v) is 3.21. The van der Waals surface area contributed by atoms with Crippen LogP contribution < -0.4 is 5.73 Å². The number of nitrogens with two attached hydrogens (primary N) is 1. The Bertz CT molecular complexity index is 893. The number of aromatic hydroxyl groups is 1. The Morgan fingerprint density at radius 2 is 1.88 bits per heavy atom. The average Bonchev–Trinajstić information content (AvgIpc) is 2.68. The van der Waals surface area contributed by atoms with Crippen molar-refractivity contribution in [2.45, 2.75) is 12.8 Å². The smallest absolute Gasteiger partial charge is 0.253 e. The third kappa shape index (κ3) is 3.52. The van der Waals surface area contributed by atoms with Crippen LogP contribution in [0.5, 0.6) is 5.75 Å². The lowest BCUT2D eigenvalue weighted by molar-refractivity contribution is -0.123. The van der Waals surface area contributed by atoms with Crippen molar-refractivity contribution in [3.8, 4) is 22.9 Å². The van der Waals surface area contributed by atoms with E-state index in [-0.39, 0.29) is 23.5 Å². The van der Waals surface area contributed by atoms with Crippen LogP contribution in [0.1, 0.15) is 28.8 Å². The number of hydrogen-bond acceptors (Lipinski definition) is 4. The number of amides is 2. The number of carbonyl (C=O) groups is 2. The van der Waals surface area contributed by atoms with E-state index in [1.165, 1.54) is 12.1 Å². The maximum Gasteiger partial charge on any atom is 0.253 e. The van der Waals surface area contributed by atoms with Crippen molar-refractivity contribution >= 4 is 11.8 Å². The Morgan fingerprint density at radius 1 is 1.15 bits per heavy atom. The molecule has 1 heterocycles. The summed E-state index contributed by atoms with van der Waals surface area (Å²) in [5.41, 5.74) is 7.44. The molecule has 6 heteroatoms. The van der Waals surface area contributed by atoms with Crippen molar-refractivity contribution in [3.63, 3.8) is 0 Å². The highest BCUT2D eigenvalue weighted by molar-refractivity contribution is 5.96. The van der Waals surface area contributed by atoms with Gasteiger partial charge in [0.2, 0.25) is 5.91 Å². The zero-order chi connectivity index (χ0) is 18.7. The molecule has 2 aromatic carbocycles. The van der Waals surface area contributed by atoms with Crippen molar-refractivity contribution in [3.05, 3.63) is 53.6 Å². The quantitative estimate of drug-likeness (QED) is 0.886. The third-order valence-corrected chi connectivity index (χ3v) is 4.73. The molecule has 2 aromatic rings. The molecule has 3 N–H and O–H groups in total. The summed E-state index contributed by atoms with van der Waals surface area (Å²) in [6.07, 6.45) is 1.15. The van der Waals surface area contributed by atoms with Crippen molar-refractivity contribution in [1.82, 2.24) is 4.90 Å². The van der Waals surface area contributed by atoms with E-state index in [0.29, 0.717) is 48.2 Å². The van der Waals surface area contributed by atoms with Crippen molar-refractivity contribution in [2.75, 3.05) is 13.1 Å². The third-order valence-electron chi connectivity index (χ3n) is 4.73. The molecular formula is C20H19N3O3. The first-order valence-corrected chi connectivity index (χ1v) is 8.41. The number of nitrogens with zero attached hydrogens (tertiary/aromatic N) is 2. The van der Waals surface area contributed by atoms with Crippen molar-refractivity contribution in [2.24, 2.45) is 11.7 Å². The lowest BCUT2D eigenvalue weighted by Crippen LogP contribution is -2.41. The molecule has 6 nitrogen and oxygen atoms in total. The molecule has 0 bridgehead atoms. The van der Waals surface area contributed by atoms with Crippen LogP contribution in [-0.2, 0) is 4.79 Å². The molecule has 1 fully saturated rings. The summed E-state index contributed by atoms with van der Waals surface area (Å²) in [5.74, 6) is -0.551. The Balaban J connectivity index is 1.83. The molecule has 1 aliphatic rings. The molecule has 1 aliphatic heterocycles. The summed E-state index contributed by atoms with van der Waals surface area (Å²) in [6.45, 7) is 0.984. The molecule has 1 saturated heterocycles. The molecule has 26 heavy (non-hydrogen) atoms. The SMILES string of the molecule is N#Cc1ccc(O)c(-c2cccc(C(=O)N3CCC(C(N)=O)CC3)c2)c1. The molecular weight excluding hydrogens is 330 g/mol. The maximum absolute atomic E-state index is 12.8. The lowest BCUT2D eigenvalue weighted by Gasteiger charge is -2.30. The van der Waals surface area contributed by atoms with Gasteiger partial charge in [-0.3, -0.25) is 9.59 Å².